The SMILES string of the molecule is Cc1cc(Oc2ccccc2)ccc1N1C(=O)Nc2c(C(=O)NCCN3CCNC3O)sc3nccc1c23. The van der Waals surface area contributed by atoms with Gasteiger partial charge in [0, 0.05) is 32.4 Å². The minimum atomic E-state index is -0.697. The number of aliphatic hydroxyl groups is 1. The summed E-state index contributed by atoms with van der Waals surface area (Å²) in [6, 6.07) is 16.5. The van der Waals surface area contributed by atoms with Crippen LogP contribution in [0.3, 0.4) is 0 Å². The Hall–Kier alpha value is -4.03. The summed E-state index contributed by atoms with van der Waals surface area (Å²) >= 11 is 1.24. The number of amides is 3. The average molecular weight is 531 g/mol. The number of ether oxygens (including phenoxy) is 1. The van der Waals surface area contributed by atoms with E-state index in [-0.39, 0.29) is 11.9 Å². The predicted molar refractivity (Wildman–Crippen MR) is 146 cm³/mol. The number of carbonyl (C=O) groups is 2. The highest BCUT2D eigenvalue weighted by atomic mass is 32.1. The van der Waals surface area contributed by atoms with Crippen molar-refractivity contribution in [3.63, 3.8) is 0 Å². The number of nitrogens with zero attached hydrogens (tertiary/aromatic N) is 3. The molecule has 2 aliphatic rings. The zero-order valence-electron chi connectivity index (χ0n) is 20.6. The van der Waals surface area contributed by atoms with Gasteiger partial charge < -0.3 is 20.5 Å². The van der Waals surface area contributed by atoms with Crippen LogP contribution in [-0.4, -0.2) is 59.5 Å². The number of benzene rings is 2. The molecule has 6 rings (SSSR count). The summed E-state index contributed by atoms with van der Waals surface area (Å²) in [5, 5.41) is 19.4. The van der Waals surface area contributed by atoms with Crippen molar-refractivity contribution in [2.24, 2.45) is 0 Å². The fraction of sp³-hybridized carbons (Fsp3) is 0.222. The van der Waals surface area contributed by atoms with E-state index in [9.17, 15) is 14.7 Å². The number of thiophene rings is 1. The number of urea groups is 1. The van der Waals surface area contributed by atoms with Gasteiger partial charge >= 0.3 is 6.03 Å². The number of aryl methyl sites for hydroxylation is 1. The first-order valence-corrected chi connectivity index (χ1v) is 13.1. The van der Waals surface area contributed by atoms with Crippen LogP contribution < -0.4 is 25.6 Å². The maximum atomic E-state index is 13.4. The lowest BCUT2D eigenvalue weighted by Crippen LogP contribution is -2.40. The van der Waals surface area contributed by atoms with Crippen molar-refractivity contribution in [1.82, 2.24) is 20.5 Å². The first-order valence-electron chi connectivity index (χ1n) is 12.3. The number of aliphatic hydroxyl groups excluding tert-OH is 1. The lowest BCUT2D eigenvalue weighted by Gasteiger charge is -2.29. The smallest absolute Gasteiger partial charge is 0.331 e. The first-order chi connectivity index (χ1) is 18.5. The van der Waals surface area contributed by atoms with Gasteiger partial charge in [-0.3, -0.25) is 19.9 Å². The fourth-order valence-corrected chi connectivity index (χ4v) is 5.80. The molecular formula is C27H26N6O4S. The Morgan fingerprint density at radius 3 is 2.79 bits per heavy atom. The van der Waals surface area contributed by atoms with Crippen LogP contribution in [0.15, 0.2) is 60.8 Å². The molecule has 2 aromatic carbocycles. The van der Waals surface area contributed by atoms with Crippen molar-refractivity contribution in [3.8, 4) is 11.5 Å². The summed E-state index contributed by atoms with van der Waals surface area (Å²) in [6.07, 6.45) is 0.951. The summed E-state index contributed by atoms with van der Waals surface area (Å²) in [4.78, 5) is 35.5. The Labute approximate surface area is 222 Å². The molecule has 2 aromatic heterocycles. The Morgan fingerprint density at radius 1 is 1.18 bits per heavy atom. The summed E-state index contributed by atoms with van der Waals surface area (Å²) in [6.45, 7) is 4.21. The highest BCUT2D eigenvalue weighted by molar-refractivity contribution is 7.21. The summed E-state index contributed by atoms with van der Waals surface area (Å²) in [5.74, 6) is 1.11. The van der Waals surface area contributed by atoms with E-state index in [0.717, 1.165) is 16.7 Å². The molecule has 38 heavy (non-hydrogen) atoms. The quantitative estimate of drug-likeness (QED) is 0.285. The highest BCUT2D eigenvalue weighted by Gasteiger charge is 2.33. The number of nitrogens with one attached hydrogen (secondary N) is 3. The Balaban J connectivity index is 1.27. The van der Waals surface area contributed by atoms with E-state index >= 15 is 0 Å². The maximum Gasteiger partial charge on any atom is 0.331 e. The lowest BCUT2D eigenvalue weighted by atomic mass is 10.1. The van der Waals surface area contributed by atoms with E-state index in [2.05, 4.69) is 20.9 Å². The molecule has 11 heteroatoms. The van der Waals surface area contributed by atoms with Gasteiger partial charge in [0.25, 0.3) is 5.91 Å². The maximum absolute atomic E-state index is 13.4. The molecule has 1 fully saturated rings. The van der Waals surface area contributed by atoms with Crippen LogP contribution in [0.1, 0.15) is 15.2 Å². The Morgan fingerprint density at radius 2 is 2.03 bits per heavy atom. The van der Waals surface area contributed by atoms with Gasteiger partial charge in [-0.05, 0) is 48.9 Å². The topological polar surface area (TPSA) is 119 Å². The number of hydrogen-bond acceptors (Lipinski definition) is 8. The third-order valence-electron chi connectivity index (χ3n) is 6.60. The number of carbonyl (C=O) groups excluding carboxylic acids is 2. The average Bonchev–Trinajstić information content (AvgIpc) is 3.49. The molecule has 194 valence electrons. The van der Waals surface area contributed by atoms with E-state index in [4.69, 9.17) is 4.74 Å². The van der Waals surface area contributed by atoms with Crippen molar-refractivity contribution >= 4 is 50.6 Å². The molecule has 0 saturated carbocycles. The van der Waals surface area contributed by atoms with Gasteiger partial charge in [-0.15, -0.1) is 11.3 Å². The number of aromatic nitrogens is 1. The second-order valence-corrected chi connectivity index (χ2v) is 10.1. The van der Waals surface area contributed by atoms with Crippen LogP contribution >= 0.6 is 11.3 Å². The Bertz CT molecular complexity index is 1530. The molecule has 0 bridgehead atoms. The van der Waals surface area contributed by atoms with Crippen LogP contribution in [0.4, 0.5) is 21.9 Å². The third-order valence-corrected chi connectivity index (χ3v) is 7.69. The third kappa shape index (κ3) is 4.45. The van der Waals surface area contributed by atoms with E-state index in [0.29, 0.717) is 58.7 Å². The molecule has 3 amide bonds. The van der Waals surface area contributed by atoms with Gasteiger partial charge in [0.1, 0.15) is 21.2 Å². The number of pyridine rings is 1. The normalized spacial score (nSPS) is 17.1. The molecular weight excluding hydrogens is 504 g/mol. The molecule has 4 N–H and O–H groups in total. The molecule has 1 atom stereocenters. The second kappa shape index (κ2) is 10.0. The van der Waals surface area contributed by atoms with Gasteiger partial charge in [-0.25, -0.2) is 9.78 Å². The predicted octanol–water partition coefficient (Wildman–Crippen LogP) is 3.99. The van der Waals surface area contributed by atoms with Crippen LogP contribution in [0.25, 0.3) is 10.2 Å². The molecule has 0 aliphatic carbocycles. The summed E-state index contributed by atoms with van der Waals surface area (Å²) in [5.41, 5.74) is 2.69. The van der Waals surface area contributed by atoms with Crippen LogP contribution in [-0.2, 0) is 0 Å². The van der Waals surface area contributed by atoms with Gasteiger partial charge in [0.2, 0.25) is 0 Å². The van der Waals surface area contributed by atoms with Crippen molar-refractivity contribution < 1.29 is 19.4 Å². The second-order valence-electron chi connectivity index (χ2n) is 9.07. The first kappa shape index (κ1) is 24.3. The van der Waals surface area contributed by atoms with E-state index < -0.39 is 6.35 Å². The van der Waals surface area contributed by atoms with Crippen LogP contribution in [0.2, 0.25) is 0 Å². The molecule has 4 aromatic rings. The van der Waals surface area contributed by atoms with Crippen molar-refractivity contribution in [3.05, 3.63) is 71.2 Å². The standard InChI is InChI=1S/C27H26N6O4S/c1-16-15-18(37-17-5-3-2-4-6-17)7-8-19(16)33-20-9-10-29-25-21(20)22(31-27(33)36)23(38-25)24(34)28-11-13-32-14-12-30-26(32)35/h2-10,15,26,30,35H,11-14H2,1H3,(H,28,34)(H,31,36). The number of rotatable bonds is 7. The molecule has 1 unspecified atom stereocenters. The lowest BCUT2D eigenvalue weighted by molar-refractivity contribution is 0.0229. The number of para-hydroxylation sites is 1. The van der Waals surface area contributed by atoms with Crippen LogP contribution in [0, 0.1) is 6.92 Å². The zero-order chi connectivity index (χ0) is 26.2. The minimum Gasteiger partial charge on any atom is -0.457 e. The van der Waals surface area contributed by atoms with Gasteiger partial charge in [0.05, 0.1) is 22.4 Å². The van der Waals surface area contributed by atoms with E-state index in [1.165, 1.54) is 11.3 Å². The monoisotopic (exact) mass is 530 g/mol. The van der Waals surface area contributed by atoms with Gasteiger partial charge in [-0.1, -0.05) is 18.2 Å². The highest BCUT2D eigenvalue weighted by Crippen LogP contribution is 2.46. The van der Waals surface area contributed by atoms with Crippen molar-refractivity contribution in [2.45, 2.75) is 13.3 Å². The molecule has 0 spiro atoms. The molecule has 2 aliphatic heterocycles. The van der Waals surface area contributed by atoms with Gasteiger partial charge in [-0.2, -0.15) is 0 Å². The van der Waals surface area contributed by atoms with E-state index in [1.54, 1.807) is 17.2 Å². The number of anilines is 3. The summed E-state index contributed by atoms with van der Waals surface area (Å²) in [7, 11) is 0. The molecule has 4 heterocycles. The zero-order valence-corrected chi connectivity index (χ0v) is 21.4. The minimum absolute atomic E-state index is 0.289. The van der Waals surface area contributed by atoms with Crippen LogP contribution in [0.5, 0.6) is 11.5 Å². The fourth-order valence-electron chi connectivity index (χ4n) is 4.77. The van der Waals surface area contributed by atoms with Crippen molar-refractivity contribution in [1.29, 1.82) is 0 Å². The molecule has 0 radical (unpaired) electrons. The van der Waals surface area contributed by atoms with E-state index in [1.807, 2.05) is 60.4 Å². The molecule has 1 saturated heterocycles. The molecule has 10 nitrogen and oxygen atoms in total. The largest absolute Gasteiger partial charge is 0.457 e. The van der Waals surface area contributed by atoms with Gasteiger partial charge in [0.15, 0.2) is 6.35 Å². The van der Waals surface area contributed by atoms with Crippen molar-refractivity contribution in [2.75, 3.05) is 36.4 Å². The summed E-state index contributed by atoms with van der Waals surface area (Å²) < 4.78 is 5.95. The number of hydrogen-bond donors (Lipinski definition) is 4. The Kier molecular flexibility index (Phi) is 6.42.